The smallest absolute Gasteiger partial charge is 0.291 e. The van der Waals surface area contributed by atoms with Crippen molar-refractivity contribution in [2.75, 3.05) is 37.3 Å². The Balaban J connectivity index is 1.44. The summed E-state index contributed by atoms with van der Waals surface area (Å²) >= 11 is 1.56. The third-order valence-electron chi connectivity index (χ3n) is 4.89. The fraction of sp³-hybridized carbons (Fsp3) is 0.500. The second-order valence-electron chi connectivity index (χ2n) is 6.87. The SMILES string of the molecule is C[C@@H](CCNC(=O)c1ccc(NC(=O)C2=CSCCO2)cc1)N1CCCC1. The molecule has 146 valence electrons. The van der Waals surface area contributed by atoms with Gasteiger partial charge >= 0.3 is 0 Å². The molecule has 6 nitrogen and oxygen atoms in total. The van der Waals surface area contributed by atoms with Crippen molar-refractivity contribution < 1.29 is 14.3 Å². The van der Waals surface area contributed by atoms with Gasteiger partial charge in [0.15, 0.2) is 5.76 Å². The van der Waals surface area contributed by atoms with Crippen molar-refractivity contribution in [3.8, 4) is 0 Å². The lowest BCUT2D eigenvalue weighted by atomic mass is 10.1. The van der Waals surface area contributed by atoms with Gasteiger partial charge in [-0.15, -0.1) is 11.8 Å². The average Bonchev–Trinajstić information content (AvgIpc) is 3.24. The van der Waals surface area contributed by atoms with E-state index in [2.05, 4.69) is 22.5 Å². The average molecular weight is 390 g/mol. The van der Waals surface area contributed by atoms with Crippen molar-refractivity contribution in [3.63, 3.8) is 0 Å². The molecule has 2 aliphatic heterocycles. The number of carbonyl (C=O) groups is 2. The number of thioether (sulfide) groups is 1. The van der Waals surface area contributed by atoms with Crippen LogP contribution in [0.4, 0.5) is 5.69 Å². The minimum atomic E-state index is -0.268. The lowest BCUT2D eigenvalue weighted by Crippen LogP contribution is -2.34. The fourth-order valence-corrected chi connectivity index (χ4v) is 3.87. The first kappa shape index (κ1) is 19.8. The van der Waals surface area contributed by atoms with Crippen molar-refractivity contribution in [3.05, 3.63) is 41.0 Å². The third-order valence-corrected chi connectivity index (χ3v) is 5.67. The van der Waals surface area contributed by atoms with Crippen molar-refractivity contribution in [2.24, 2.45) is 0 Å². The lowest BCUT2D eigenvalue weighted by molar-refractivity contribution is -0.116. The van der Waals surface area contributed by atoms with Crippen LogP contribution in [0.3, 0.4) is 0 Å². The zero-order valence-corrected chi connectivity index (χ0v) is 16.5. The first-order valence-electron chi connectivity index (χ1n) is 9.52. The zero-order chi connectivity index (χ0) is 19.1. The molecular weight excluding hydrogens is 362 g/mol. The summed E-state index contributed by atoms with van der Waals surface area (Å²) < 4.78 is 5.33. The van der Waals surface area contributed by atoms with Crippen LogP contribution < -0.4 is 10.6 Å². The lowest BCUT2D eigenvalue weighted by Gasteiger charge is -2.23. The number of amides is 2. The molecular formula is C20H27N3O3S. The van der Waals surface area contributed by atoms with Gasteiger partial charge in [-0.3, -0.25) is 9.59 Å². The van der Waals surface area contributed by atoms with Crippen LogP contribution in [0.15, 0.2) is 35.4 Å². The van der Waals surface area contributed by atoms with Crippen LogP contribution in [-0.2, 0) is 9.53 Å². The molecule has 0 aromatic heterocycles. The molecule has 3 rings (SSSR count). The summed E-state index contributed by atoms with van der Waals surface area (Å²) in [6, 6.07) is 7.41. The van der Waals surface area contributed by atoms with Crippen LogP contribution in [0.2, 0.25) is 0 Å². The Kier molecular flexibility index (Phi) is 7.18. The Morgan fingerprint density at radius 1 is 1.19 bits per heavy atom. The summed E-state index contributed by atoms with van der Waals surface area (Å²) in [5.74, 6) is 0.837. The molecule has 7 heteroatoms. The fourth-order valence-electron chi connectivity index (χ4n) is 3.25. The first-order valence-corrected chi connectivity index (χ1v) is 10.6. The normalized spacial score (nSPS) is 18.3. The highest BCUT2D eigenvalue weighted by atomic mass is 32.2. The second kappa shape index (κ2) is 9.80. The van der Waals surface area contributed by atoms with Crippen LogP contribution in [0, 0.1) is 0 Å². The second-order valence-corrected chi connectivity index (χ2v) is 7.85. The Morgan fingerprint density at radius 2 is 1.93 bits per heavy atom. The number of hydrogen-bond donors (Lipinski definition) is 2. The van der Waals surface area contributed by atoms with E-state index in [0.29, 0.717) is 36.2 Å². The van der Waals surface area contributed by atoms with Gasteiger partial charge in [0.1, 0.15) is 0 Å². The predicted octanol–water partition coefficient (Wildman–Crippen LogP) is 2.83. The standard InChI is InChI=1S/C20H27N3O3S/c1-15(23-10-2-3-11-23)8-9-21-19(24)16-4-6-17(7-5-16)22-20(25)18-14-27-13-12-26-18/h4-7,14-15H,2-3,8-13H2,1H3,(H,21,24)(H,22,25)/t15-/m0/s1. The van der Waals surface area contributed by atoms with Gasteiger partial charge in [0, 0.05) is 35.0 Å². The van der Waals surface area contributed by atoms with E-state index in [1.807, 2.05) is 0 Å². The maximum atomic E-state index is 12.3. The molecule has 2 heterocycles. The van der Waals surface area contributed by atoms with Gasteiger partial charge in [-0.1, -0.05) is 0 Å². The van der Waals surface area contributed by atoms with E-state index in [9.17, 15) is 9.59 Å². The molecule has 1 atom stereocenters. The van der Waals surface area contributed by atoms with Gasteiger partial charge in [0.05, 0.1) is 6.61 Å². The molecule has 1 aromatic carbocycles. The molecule has 0 spiro atoms. The Bertz CT molecular complexity index is 684. The number of anilines is 1. The van der Waals surface area contributed by atoms with Gasteiger partial charge in [0.25, 0.3) is 11.8 Å². The minimum Gasteiger partial charge on any atom is -0.487 e. The summed E-state index contributed by atoms with van der Waals surface area (Å²) in [5, 5.41) is 7.49. The highest BCUT2D eigenvalue weighted by Crippen LogP contribution is 2.18. The monoisotopic (exact) mass is 389 g/mol. The van der Waals surface area contributed by atoms with Crippen LogP contribution in [0.1, 0.15) is 36.5 Å². The van der Waals surface area contributed by atoms with E-state index in [0.717, 1.165) is 12.2 Å². The van der Waals surface area contributed by atoms with Crippen molar-refractivity contribution in [1.82, 2.24) is 10.2 Å². The molecule has 0 bridgehead atoms. The topological polar surface area (TPSA) is 70.7 Å². The van der Waals surface area contributed by atoms with Crippen molar-refractivity contribution in [2.45, 2.75) is 32.2 Å². The molecule has 0 saturated carbocycles. The largest absolute Gasteiger partial charge is 0.487 e. The molecule has 0 aliphatic carbocycles. The van der Waals surface area contributed by atoms with Crippen molar-refractivity contribution in [1.29, 1.82) is 0 Å². The summed E-state index contributed by atoms with van der Waals surface area (Å²) in [4.78, 5) is 26.9. The molecule has 27 heavy (non-hydrogen) atoms. The molecule has 1 aromatic rings. The Morgan fingerprint density at radius 3 is 2.59 bits per heavy atom. The molecule has 2 aliphatic rings. The van der Waals surface area contributed by atoms with Gasteiger partial charge in [-0.05, 0) is 63.5 Å². The van der Waals surface area contributed by atoms with E-state index in [4.69, 9.17) is 4.74 Å². The Hall–Kier alpha value is -1.99. The van der Waals surface area contributed by atoms with Gasteiger partial charge in [-0.2, -0.15) is 0 Å². The van der Waals surface area contributed by atoms with Crippen LogP contribution in [0.5, 0.6) is 0 Å². The molecule has 1 saturated heterocycles. The molecule has 0 radical (unpaired) electrons. The number of nitrogens with zero attached hydrogens (tertiary/aromatic N) is 1. The van der Waals surface area contributed by atoms with Crippen LogP contribution >= 0.6 is 11.8 Å². The van der Waals surface area contributed by atoms with E-state index >= 15 is 0 Å². The van der Waals surface area contributed by atoms with E-state index in [1.165, 1.54) is 25.9 Å². The summed E-state index contributed by atoms with van der Waals surface area (Å²) in [7, 11) is 0. The molecule has 1 fully saturated rings. The number of benzene rings is 1. The van der Waals surface area contributed by atoms with Crippen LogP contribution in [0.25, 0.3) is 0 Å². The first-order chi connectivity index (χ1) is 13.1. The Labute approximate surface area is 164 Å². The number of ether oxygens (including phenoxy) is 1. The summed E-state index contributed by atoms with van der Waals surface area (Å²) in [6.07, 6.45) is 3.51. The van der Waals surface area contributed by atoms with Crippen molar-refractivity contribution >= 4 is 29.3 Å². The van der Waals surface area contributed by atoms with Gasteiger partial charge in [0.2, 0.25) is 0 Å². The van der Waals surface area contributed by atoms with E-state index in [-0.39, 0.29) is 11.8 Å². The maximum Gasteiger partial charge on any atom is 0.291 e. The van der Waals surface area contributed by atoms with E-state index < -0.39 is 0 Å². The minimum absolute atomic E-state index is 0.0868. The molecule has 2 amide bonds. The number of hydrogen-bond acceptors (Lipinski definition) is 5. The van der Waals surface area contributed by atoms with Crippen LogP contribution in [-0.4, -0.2) is 54.8 Å². The van der Waals surface area contributed by atoms with Gasteiger partial charge in [-0.25, -0.2) is 0 Å². The summed E-state index contributed by atoms with van der Waals surface area (Å²) in [6.45, 7) is 5.77. The molecule has 0 unspecified atom stereocenters. The number of likely N-dealkylation sites (tertiary alicyclic amines) is 1. The highest BCUT2D eigenvalue weighted by Gasteiger charge is 2.18. The summed E-state index contributed by atoms with van der Waals surface area (Å²) in [5.41, 5.74) is 1.23. The van der Waals surface area contributed by atoms with E-state index in [1.54, 1.807) is 41.4 Å². The number of nitrogens with one attached hydrogen (secondary N) is 2. The quantitative estimate of drug-likeness (QED) is 0.750. The highest BCUT2D eigenvalue weighted by molar-refractivity contribution is 8.02. The number of carbonyl (C=O) groups excluding carboxylic acids is 2. The number of rotatable bonds is 7. The third kappa shape index (κ3) is 5.74. The zero-order valence-electron chi connectivity index (χ0n) is 15.7. The predicted molar refractivity (Wildman–Crippen MR) is 109 cm³/mol. The van der Waals surface area contributed by atoms with Gasteiger partial charge < -0.3 is 20.3 Å². The molecule has 2 N–H and O–H groups in total. The maximum absolute atomic E-state index is 12.3.